The first kappa shape index (κ1) is 23.7. The molecule has 0 aromatic carbocycles. The van der Waals surface area contributed by atoms with Crippen LogP contribution in [0, 0.1) is 23.7 Å². The summed E-state index contributed by atoms with van der Waals surface area (Å²) in [7, 11) is 0. The summed E-state index contributed by atoms with van der Waals surface area (Å²) in [5.41, 5.74) is 0. The maximum Gasteiger partial charge on any atom is 0.289 e. The van der Waals surface area contributed by atoms with E-state index in [0.29, 0.717) is 38.0 Å². The fraction of sp³-hybridized carbons (Fsp3) is 0.818. The van der Waals surface area contributed by atoms with E-state index in [1.807, 2.05) is 13.8 Å². The molecule has 1 aliphatic carbocycles. The third-order valence-corrected chi connectivity index (χ3v) is 6.55. The van der Waals surface area contributed by atoms with Crippen LogP contribution in [0.4, 0.5) is 0 Å². The Kier molecular flexibility index (Phi) is 8.43. The number of nitrogens with one attached hydrogen (secondary N) is 4. The Balaban J connectivity index is 1.57. The highest BCUT2D eigenvalue weighted by Gasteiger charge is 2.44. The van der Waals surface area contributed by atoms with Gasteiger partial charge in [-0.1, -0.05) is 20.3 Å². The van der Waals surface area contributed by atoms with Gasteiger partial charge in [0.05, 0.1) is 18.7 Å². The molecule has 4 N–H and O–H groups in total. The molecule has 2 heterocycles. The number of ether oxygens (including phenoxy) is 1. The number of carbonyl (C=O) groups is 4. The van der Waals surface area contributed by atoms with Gasteiger partial charge >= 0.3 is 0 Å². The van der Waals surface area contributed by atoms with E-state index >= 15 is 0 Å². The summed E-state index contributed by atoms with van der Waals surface area (Å²) in [4.78, 5) is 50.3. The molecule has 2 saturated heterocycles. The second-order valence-corrected chi connectivity index (χ2v) is 9.40. The minimum absolute atomic E-state index is 0.133. The summed E-state index contributed by atoms with van der Waals surface area (Å²) >= 11 is 0. The van der Waals surface area contributed by atoms with Crippen molar-refractivity contribution in [3.05, 3.63) is 0 Å². The van der Waals surface area contributed by atoms with Gasteiger partial charge in [0.15, 0.2) is 0 Å². The van der Waals surface area contributed by atoms with E-state index in [-0.39, 0.29) is 42.7 Å². The molecule has 0 radical (unpaired) electrons. The van der Waals surface area contributed by atoms with Crippen LogP contribution in [0.15, 0.2) is 0 Å². The van der Waals surface area contributed by atoms with Crippen molar-refractivity contribution < 1.29 is 23.9 Å². The van der Waals surface area contributed by atoms with Crippen LogP contribution < -0.4 is 21.3 Å². The number of amides is 3. The molecule has 0 aromatic rings. The molecule has 31 heavy (non-hydrogen) atoms. The van der Waals surface area contributed by atoms with Gasteiger partial charge in [0.25, 0.3) is 5.91 Å². The van der Waals surface area contributed by atoms with Crippen LogP contribution in [-0.4, -0.2) is 68.4 Å². The zero-order chi connectivity index (χ0) is 22.4. The van der Waals surface area contributed by atoms with Gasteiger partial charge in [-0.2, -0.15) is 0 Å². The third kappa shape index (κ3) is 6.26. The van der Waals surface area contributed by atoms with Crippen LogP contribution in [0.3, 0.4) is 0 Å². The maximum absolute atomic E-state index is 13.0. The molecular formula is C22H36N4O5. The van der Waals surface area contributed by atoms with Crippen molar-refractivity contribution in [3.8, 4) is 0 Å². The second kappa shape index (κ2) is 11.0. The fourth-order valence-corrected chi connectivity index (χ4v) is 4.92. The average molecular weight is 437 g/mol. The Morgan fingerprint density at radius 1 is 1.19 bits per heavy atom. The first-order chi connectivity index (χ1) is 14.9. The lowest BCUT2D eigenvalue weighted by Crippen LogP contribution is -2.54. The van der Waals surface area contributed by atoms with E-state index in [9.17, 15) is 19.2 Å². The molecule has 9 heteroatoms. The van der Waals surface area contributed by atoms with Gasteiger partial charge < -0.3 is 26.0 Å². The molecule has 0 bridgehead atoms. The fourth-order valence-electron chi connectivity index (χ4n) is 4.92. The lowest BCUT2D eigenvalue weighted by atomic mass is 9.92. The number of fused-ring (bicyclic) bond motifs is 1. The van der Waals surface area contributed by atoms with Crippen molar-refractivity contribution in [2.75, 3.05) is 32.8 Å². The Hall–Kier alpha value is -2.00. The summed E-state index contributed by atoms with van der Waals surface area (Å²) in [5, 5.41) is 11.4. The monoisotopic (exact) mass is 436 g/mol. The number of carbonyl (C=O) groups excluding carboxylic acids is 4. The lowest BCUT2D eigenvalue weighted by Gasteiger charge is -2.23. The molecule has 3 amide bonds. The van der Waals surface area contributed by atoms with Crippen LogP contribution in [0.1, 0.15) is 46.0 Å². The first-order valence-corrected chi connectivity index (χ1v) is 11.6. The Bertz CT molecular complexity index is 683. The lowest BCUT2D eigenvalue weighted by molar-refractivity contribution is -0.141. The molecule has 3 aliphatic rings. The van der Waals surface area contributed by atoms with E-state index in [2.05, 4.69) is 21.3 Å². The van der Waals surface area contributed by atoms with Gasteiger partial charge in [-0.3, -0.25) is 19.2 Å². The SMILES string of the molecule is CC(C)COCCNC(=O)C(=O)[C@H](C[C@@H]1CCNC1=O)NC(=O)C1NCC2CCCC21. The minimum atomic E-state index is -1.01. The Labute approximate surface area is 183 Å². The van der Waals surface area contributed by atoms with Crippen LogP contribution in [-0.2, 0) is 23.9 Å². The number of hydrogen-bond donors (Lipinski definition) is 4. The topological polar surface area (TPSA) is 126 Å². The van der Waals surface area contributed by atoms with Crippen molar-refractivity contribution in [2.24, 2.45) is 23.7 Å². The summed E-state index contributed by atoms with van der Waals surface area (Å²) in [6.07, 6.45) is 3.96. The zero-order valence-electron chi connectivity index (χ0n) is 18.6. The van der Waals surface area contributed by atoms with Crippen molar-refractivity contribution in [1.82, 2.24) is 21.3 Å². The van der Waals surface area contributed by atoms with Gasteiger partial charge in [-0.05, 0) is 50.0 Å². The zero-order valence-corrected chi connectivity index (χ0v) is 18.6. The van der Waals surface area contributed by atoms with E-state index in [1.54, 1.807) is 0 Å². The molecule has 3 fully saturated rings. The summed E-state index contributed by atoms with van der Waals surface area (Å²) in [5.74, 6) is -1.07. The van der Waals surface area contributed by atoms with Crippen molar-refractivity contribution in [3.63, 3.8) is 0 Å². The van der Waals surface area contributed by atoms with Crippen LogP contribution in [0.2, 0.25) is 0 Å². The Morgan fingerprint density at radius 3 is 2.71 bits per heavy atom. The van der Waals surface area contributed by atoms with E-state index < -0.39 is 17.7 Å². The van der Waals surface area contributed by atoms with Crippen LogP contribution in [0.25, 0.3) is 0 Å². The van der Waals surface area contributed by atoms with Gasteiger partial charge in [-0.15, -0.1) is 0 Å². The molecule has 3 rings (SSSR count). The summed E-state index contributed by atoms with van der Waals surface area (Å²) in [6, 6.07) is -1.35. The molecule has 3 unspecified atom stereocenters. The standard InChI is InChI=1S/C22H36N4O5/c1-13(2)12-31-9-8-24-22(30)19(27)17(10-14-6-7-23-20(14)28)26-21(29)18-16-5-3-4-15(16)11-25-18/h13-18,25H,3-12H2,1-2H3,(H,23,28)(H,24,30)(H,26,29)/t14-,15?,16?,17-,18?/m0/s1. The number of Topliss-reactive ketones (excluding diaryl/α,β-unsaturated/α-hetero) is 1. The van der Waals surface area contributed by atoms with Crippen molar-refractivity contribution in [1.29, 1.82) is 0 Å². The van der Waals surface area contributed by atoms with Gasteiger partial charge in [0.2, 0.25) is 17.6 Å². The minimum Gasteiger partial charge on any atom is -0.379 e. The van der Waals surface area contributed by atoms with E-state index in [0.717, 1.165) is 25.8 Å². The van der Waals surface area contributed by atoms with Gasteiger partial charge in [0, 0.05) is 25.6 Å². The molecule has 2 aliphatic heterocycles. The smallest absolute Gasteiger partial charge is 0.289 e. The molecule has 1 saturated carbocycles. The number of rotatable bonds is 11. The molecule has 9 nitrogen and oxygen atoms in total. The van der Waals surface area contributed by atoms with Crippen molar-refractivity contribution >= 4 is 23.5 Å². The summed E-state index contributed by atoms with van der Waals surface area (Å²) in [6.45, 7) is 6.53. The molecule has 174 valence electrons. The highest BCUT2D eigenvalue weighted by molar-refractivity contribution is 6.38. The molecule has 5 atom stereocenters. The number of ketones is 1. The molecular weight excluding hydrogens is 400 g/mol. The largest absolute Gasteiger partial charge is 0.379 e. The third-order valence-electron chi connectivity index (χ3n) is 6.55. The van der Waals surface area contributed by atoms with Crippen LogP contribution in [0.5, 0.6) is 0 Å². The highest BCUT2D eigenvalue weighted by atomic mass is 16.5. The predicted molar refractivity (Wildman–Crippen MR) is 114 cm³/mol. The second-order valence-electron chi connectivity index (χ2n) is 9.40. The Morgan fingerprint density at radius 2 is 2.00 bits per heavy atom. The first-order valence-electron chi connectivity index (χ1n) is 11.6. The highest BCUT2D eigenvalue weighted by Crippen LogP contribution is 2.37. The normalized spacial score (nSPS) is 28.3. The van der Waals surface area contributed by atoms with E-state index in [1.165, 1.54) is 0 Å². The van der Waals surface area contributed by atoms with Crippen molar-refractivity contribution in [2.45, 2.75) is 58.0 Å². The number of hydrogen-bond acceptors (Lipinski definition) is 6. The quantitative estimate of drug-likeness (QED) is 0.261. The maximum atomic E-state index is 13.0. The summed E-state index contributed by atoms with van der Waals surface area (Å²) < 4.78 is 5.42. The molecule has 0 aromatic heterocycles. The van der Waals surface area contributed by atoms with Gasteiger partial charge in [-0.25, -0.2) is 0 Å². The van der Waals surface area contributed by atoms with E-state index in [4.69, 9.17) is 4.74 Å². The predicted octanol–water partition coefficient (Wildman–Crippen LogP) is -0.257. The van der Waals surface area contributed by atoms with Gasteiger partial charge in [0.1, 0.15) is 0 Å². The molecule has 0 spiro atoms. The average Bonchev–Trinajstić information content (AvgIpc) is 3.44. The van der Waals surface area contributed by atoms with Crippen LogP contribution >= 0.6 is 0 Å².